The van der Waals surface area contributed by atoms with Crippen LogP contribution >= 0.6 is 0 Å². The Morgan fingerprint density at radius 2 is 1.15 bits per heavy atom. The van der Waals surface area contributed by atoms with Crippen LogP contribution in [-0.4, -0.2) is 0 Å². The molecule has 0 N–H and O–H groups in total. The van der Waals surface area contributed by atoms with E-state index in [1.165, 1.54) is 43.8 Å². The van der Waals surface area contributed by atoms with E-state index < -0.39 is 0 Å². The summed E-state index contributed by atoms with van der Waals surface area (Å²) in [6.07, 6.45) is 0. The van der Waals surface area contributed by atoms with E-state index in [-0.39, 0.29) is 5.41 Å². The van der Waals surface area contributed by atoms with Gasteiger partial charge in [-0.15, -0.1) is 0 Å². The molecule has 1 aliphatic carbocycles. The summed E-state index contributed by atoms with van der Waals surface area (Å²) in [4.78, 5) is 0. The van der Waals surface area contributed by atoms with Crippen LogP contribution in [0.3, 0.4) is 0 Å². The topological polar surface area (TPSA) is 0 Å². The second kappa shape index (κ2) is 7.56. The van der Waals surface area contributed by atoms with Gasteiger partial charge in [-0.05, 0) is 43.8 Å². The van der Waals surface area contributed by atoms with E-state index in [1.54, 1.807) is 0 Å². The normalized spacial score (nSPS) is 13.1. The van der Waals surface area contributed by atoms with Crippen molar-refractivity contribution in [3.05, 3.63) is 83.9 Å². The zero-order valence-electron chi connectivity index (χ0n) is 17.4. The smallest absolute Gasteiger partial charge is 0.0165 e. The number of fused-ring (bicyclic) bond motifs is 7. The fourth-order valence-electron chi connectivity index (χ4n) is 4.38. The van der Waals surface area contributed by atoms with Crippen LogP contribution in [0.25, 0.3) is 32.7 Å². The largest absolute Gasteiger partial charge is 0.0683 e. The molecule has 0 aromatic heterocycles. The standard InChI is InChI=1S/C23H18.2C2H6/c1-23(2)21-10-6-5-9-18(21)20-14-13-17-16-8-4-3-7-15(16)11-12-19(17)22(20)23;2*1-2/h3-14H,1-2H3;2*1-2H3. The van der Waals surface area contributed by atoms with E-state index in [0.717, 1.165) is 0 Å². The molecule has 0 bridgehead atoms. The molecule has 0 spiro atoms. The van der Waals surface area contributed by atoms with Gasteiger partial charge in [-0.25, -0.2) is 0 Å². The zero-order chi connectivity index (χ0) is 19.6. The predicted octanol–water partition coefficient (Wildman–Crippen LogP) is 8.35. The number of hydrogen-bond acceptors (Lipinski definition) is 0. The highest BCUT2D eigenvalue weighted by atomic mass is 14.4. The first-order valence-corrected chi connectivity index (χ1v) is 10.2. The molecule has 0 aliphatic heterocycles. The maximum Gasteiger partial charge on any atom is 0.0165 e. The van der Waals surface area contributed by atoms with Crippen LogP contribution in [0.2, 0.25) is 0 Å². The molecule has 0 amide bonds. The first kappa shape index (κ1) is 19.2. The van der Waals surface area contributed by atoms with Gasteiger partial charge in [0.05, 0.1) is 0 Å². The lowest BCUT2D eigenvalue weighted by Crippen LogP contribution is -2.15. The highest BCUT2D eigenvalue weighted by Gasteiger charge is 2.36. The second-order valence-electron chi connectivity index (χ2n) is 7.04. The average Bonchev–Trinajstić information content (AvgIpc) is 2.98. The van der Waals surface area contributed by atoms with Gasteiger partial charge in [-0.3, -0.25) is 0 Å². The van der Waals surface area contributed by atoms with Crippen LogP contribution in [0, 0.1) is 0 Å². The molecule has 0 fully saturated rings. The van der Waals surface area contributed by atoms with Gasteiger partial charge in [0.1, 0.15) is 0 Å². The predicted molar refractivity (Wildman–Crippen MR) is 122 cm³/mol. The first-order chi connectivity index (χ1) is 13.2. The summed E-state index contributed by atoms with van der Waals surface area (Å²) in [6, 6.07) is 26.7. The Kier molecular flexibility index (Phi) is 5.37. The van der Waals surface area contributed by atoms with Crippen molar-refractivity contribution >= 4 is 21.5 Å². The number of hydrogen-bond donors (Lipinski definition) is 0. The summed E-state index contributed by atoms with van der Waals surface area (Å²) in [5.74, 6) is 0. The lowest BCUT2D eigenvalue weighted by Gasteiger charge is -2.23. The van der Waals surface area contributed by atoms with Crippen molar-refractivity contribution in [1.29, 1.82) is 0 Å². The van der Waals surface area contributed by atoms with E-state index >= 15 is 0 Å². The van der Waals surface area contributed by atoms with Crippen LogP contribution in [0.5, 0.6) is 0 Å². The molecule has 0 saturated carbocycles. The Labute approximate surface area is 163 Å². The van der Waals surface area contributed by atoms with Gasteiger partial charge in [-0.2, -0.15) is 0 Å². The molecule has 0 unspecified atom stereocenters. The van der Waals surface area contributed by atoms with E-state index in [9.17, 15) is 0 Å². The average molecular weight is 355 g/mol. The lowest BCUT2D eigenvalue weighted by atomic mass is 9.80. The summed E-state index contributed by atoms with van der Waals surface area (Å²) in [5, 5.41) is 5.41. The van der Waals surface area contributed by atoms with Gasteiger partial charge in [0.25, 0.3) is 0 Å². The lowest BCUT2D eigenvalue weighted by molar-refractivity contribution is 0.666. The minimum atomic E-state index is 0.0495. The van der Waals surface area contributed by atoms with Crippen LogP contribution in [0.15, 0.2) is 72.8 Å². The summed E-state index contributed by atoms with van der Waals surface area (Å²) < 4.78 is 0. The third-order valence-corrected chi connectivity index (χ3v) is 5.44. The molecular weight excluding hydrogens is 324 g/mol. The highest BCUT2D eigenvalue weighted by molar-refractivity contribution is 6.11. The Morgan fingerprint density at radius 1 is 0.519 bits per heavy atom. The van der Waals surface area contributed by atoms with Crippen molar-refractivity contribution in [2.45, 2.75) is 47.0 Å². The fourth-order valence-corrected chi connectivity index (χ4v) is 4.38. The van der Waals surface area contributed by atoms with E-state index in [2.05, 4.69) is 86.6 Å². The first-order valence-electron chi connectivity index (χ1n) is 10.2. The fraction of sp³-hybridized carbons (Fsp3) is 0.259. The summed E-state index contributed by atoms with van der Waals surface area (Å²) in [7, 11) is 0. The Balaban J connectivity index is 0.000000495. The number of rotatable bonds is 0. The molecular formula is C27H30. The SMILES string of the molecule is CC.CC.CC1(C)c2ccccc2-c2ccc3c(ccc4ccccc43)c21. The molecule has 0 radical (unpaired) electrons. The third kappa shape index (κ3) is 2.84. The van der Waals surface area contributed by atoms with Crippen molar-refractivity contribution in [2.75, 3.05) is 0 Å². The molecule has 0 atom stereocenters. The minimum absolute atomic E-state index is 0.0495. The van der Waals surface area contributed by atoms with Gasteiger partial charge in [0.15, 0.2) is 0 Å². The quantitative estimate of drug-likeness (QED) is 0.278. The maximum absolute atomic E-state index is 2.35. The molecule has 1 aliphatic rings. The van der Waals surface area contributed by atoms with E-state index in [0.29, 0.717) is 0 Å². The van der Waals surface area contributed by atoms with Crippen molar-refractivity contribution in [2.24, 2.45) is 0 Å². The van der Waals surface area contributed by atoms with Gasteiger partial charge < -0.3 is 0 Å². The van der Waals surface area contributed by atoms with E-state index in [1.807, 2.05) is 27.7 Å². The molecule has 5 rings (SSSR count). The van der Waals surface area contributed by atoms with Gasteiger partial charge in [0, 0.05) is 5.41 Å². The second-order valence-corrected chi connectivity index (χ2v) is 7.04. The van der Waals surface area contributed by atoms with Gasteiger partial charge >= 0.3 is 0 Å². The molecule has 4 aromatic carbocycles. The molecule has 0 heteroatoms. The third-order valence-electron chi connectivity index (χ3n) is 5.44. The summed E-state index contributed by atoms with van der Waals surface area (Å²) in [6.45, 7) is 12.7. The summed E-state index contributed by atoms with van der Waals surface area (Å²) >= 11 is 0. The monoisotopic (exact) mass is 354 g/mol. The Bertz CT molecular complexity index is 1080. The highest BCUT2D eigenvalue weighted by Crippen LogP contribution is 2.51. The van der Waals surface area contributed by atoms with Crippen molar-refractivity contribution in [3.8, 4) is 11.1 Å². The Morgan fingerprint density at radius 3 is 1.93 bits per heavy atom. The van der Waals surface area contributed by atoms with Crippen molar-refractivity contribution < 1.29 is 0 Å². The van der Waals surface area contributed by atoms with Gasteiger partial charge in [0.2, 0.25) is 0 Å². The van der Waals surface area contributed by atoms with Crippen molar-refractivity contribution in [3.63, 3.8) is 0 Å². The molecule has 27 heavy (non-hydrogen) atoms. The molecule has 4 aromatic rings. The Hall–Kier alpha value is -2.60. The summed E-state index contributed by atoms with van der Waals surface area (Å²) in [5.41, 5.74) is 5.75. The zero-order valence-corrected chi connectivity index (χ0v) is 17.4. The molecule has 0 saturated heterocycles. The van der Waals surface area contributed by atoms with Crippen LogP contribution in [0.4, 0.5) is 0 Å². The number of benzene rings is 4. The van der Waals surface area contributed by atoms with E-state index in [4.69, 9.17) is 0 Å². The van der Waals surface area contributed by atoms with Crippen LogP contribution in [-0.2, 0) is 5.41 Å². The van der Waals surface area contributed by atoms with Crippen molar-refractivity contribution in [1.82, 2.24) is 0 Å². The minimum Gasteiger partial charge on any atom is -0.0683 e. The van der Waals surface area contributed by atoms with Gasteiger partial charge in [-0.1, -0.05) is 114 Å². The molecule has 0 heterocycles. The van der Waals surface area contributed by atoms with Crippen LogP contribution < -0.4 is 0 Å². The molecule has 0 nitrogen and oxygen atoms in total. The molecule has 138 valence electrons. The maximum atomic E-state index is 2.35. The van der Waals surface area contributed by atoms with Crippen LogP contribution in [0.1, 0.15) is 52.7 Å².